The van der Waals surface area contributed by atoms with Crippen molar-refractivity contribution in [3.8, 4) is 0 Å². The van der Waals surface area contributed by atoms with E-state index in [4.69, 9.17) is 9.47 Å². The van der Waals surface area contributed by atoms with Crippen LogP contribution >= 0.6 is 11.3 Å². The Balaban J connectivity index is 1.17. The third-order valence-electron chi connectivity index (χ3n) is 6.72. The van der Waals surface area contributed by atoms with Crippen LogP contribution in [-0.2, 0) is 34.0 Å². The summed E-state index contributed by atoms with van der Waals surface area (Å²) >= 11 is 1.44. The van der Waals surface area contributed by atoms with Crippen LogP contribution in [0.3, 0.4) is 0 Å². The number of fused-ring (bicyclic) bond motifs is 1. The first-order valence-corrected chi connectivity index (χ1v) is 12.9. The Morgan fingerprint density at radius 1 is 1.10 bits per heavy atom. The second-order valence-electron chi connectivity index (χ2n) is 9.18. The molecule has 0 radical (unpaired) electrons. The Morgan fingerprint density at radius 2 is 1.82 bits per heavy atom. The predicted octanol–water partition coefficient (Wildman–Crippen LogP) is 5.27. The van der Waals surface area contributed by atoms with Gasteiger partial charge in [-0.2, -0.15) is 5.10 Å². The zero-order chi connectivity index (χ0) is 27.7. The smallest absolute Gasteiger partial charge is 0.282 e. The fourth-order valence-corrected chi connectivity index (χ4v) is 5.60. The number of carbonyl (C=O) groups is 1. The van der Waals surface area contributed by atoms with Crippen LogP contribution in [0.5, 0.6) is 0 Å². The average Bonchev–Trinajstić information content (AvgIpc) is 3.52. The van der Waals surface area contributed by atoms with Gasteiger partial charge < -0.3 is 14.4 Å². The number of piperidine rings is 1. The molecule has 0 aliphatic carbocycles. The van der Waals surface area contributed by atoms with Crippen LogP contribution in [0.4, 0.5) is 23.2 Å². The molecule has 15 heteroatoms. The maximum Gasteiger partial charge on any atom is 0.282 e. The number of hydrogen-bond donors (Lipinski definition) is 0. The van der Waals surface area contributed by atoms with Crippen molar-refractivity contribution in [1.82, 2.24) is 19.7 Å². The molecule has 5 rings (SSSR count). The quantitative estimate of drug-likeness (QED) is 0.216. The van der Waals surface area contributed by atoms with Gasteiger partial charge in [0.05, 0.1) is 23.1 Å². The molecule has 10 nitrogen and oxygen atoms in total. The Labute approximate surface area is 223 Å². The zero-order valence-corrected chi connectivity index (χ0v) is 21.2. The number of nitro groups is 1. The first-order valence-electron chi connectivity index (χ1n) is 12.1. The lowest BCUT2D eigenvalue weighted by Gasteiger charge is -2.31. The maximum absolute atomic E-state index is 13.2. The molecule has 1 unspecified atom stereocenters. The van der Waals surface area contributed by atoms with Gasteiger partial charge in [-0.3, -0.25) is 19.6 Å². The molecule has 2 aliphatic rings. The van der Waals surface area contributed by atoms with E-state index in [9.17, 15) is 32.5 Å². The Kier molecular flexibility index (Phi) is 7.91. The predicted molar refractivity (Wildman–Crippen MR) is 128 cm³/mol. The summed E-state index contributed by atoms with van der Waals surface area (Å²) in [5.41, 5.74) is 0.547. The van der Waals surface area contributed by atoms with Gasteiger partial charge >= 0.3 is 0 Å². The van der Waals surface area contributed by atoms with Crippen molar-refractivity contribution < 1.29 is 36.8 Å². The number of alkyl halides is 4. The van der Waals surface area contributed by atoms with Crippen LogP contribution in [0.1, 0.15) is 71.1 Å². The molecule has 0 spiro atoms. The SMILES string of the molecule is O=C(Cn1nc(C(F)F)cc1C(F)F)N1CCC(c2nc(C3OCc4ccc([N+](=O)[O-])cc4CO3)cs2)CC1. The number of rotatable bonds is 7. The molecule has 1 aromatic carbocycles. The van der Waals surface area contributed by atoms with Crippen molar-refractivity contribution >= 4 is 22.9 Å². The molecule has 0 N–H and O–H groups in total. The van der Waals surface area contributed by atoms with E-state index in [0.29, 0.717) is 47.9 Å². The Morgan fingerprint density at radius 3 is 2.49 bits per heavy atom. The highest BCUT2D eigenvalue weighted by Gasteiger charge is 2.29. The fourth-order valence-electron chi connectivity index (χ4n) is 4.61. The van der Waals surface area contributed by atoms with Crippen LogP contribution in [0, 0.1) is 10.1 Å². The number of non-ortho nitro benzene ring substituents is 1. The van der Waals surface area contributed by atoms with Crippen LogP contribution in [-0.4, -0.2) is 43.6 Å². The fraction of sp³-hybridized carbons (Fsp3) is 0.458. The minimum Gasteiger partial charge on any atom is -0.342 e. The monoisotopic (exact) mass is 569 g/mol. The normalized spacial score (nSPS) is 18.4. The summed E-state index contributed by atoms with van der Waals surface area (Å²) in [6.07, 6.45) is -5.61. The number of hydrogen-bond acceptors (Lipinski definition) is 8. The number of nitro benzene ring substituents is 1. The first-order chi connectivity index (χ1) is 18.7. The molecule has 2 aliphatic heterocycles. The topological polar surface area (TPSA) is 113 Å². The number of nitrogens with zero attached hydrogens (tertiary/aromatic N) is 5. The van der Waals surface area contributed by atoms with Crippen molar-refractivity contribution in [3.63, 3.8) is 0 Å². The van der Waals surface area contributed by atoms with Gasteiger partial charge in [-0.1, -0.05) is 0 Å². The number of carbonyl (C=O) groups excluding carboxylic acids is 1. The van der Waals surface area contributed by atoms with E-state index in [1.807, 2.05) is 5.38 Å². The van der Waals surface area contributed by atoms with Gasteiger partial charge in [0.15, 0.2) is 0 Å². The second-order valence-corrected chi connectivity index (χ2v) is 10.1. The number of aromatic nitrogens is 3. The standard InChI is InChI=1S/C24H23F4N5O5S/c25-21(26)17-8-19(22(27)28)32(30-17)9-20(34)31-5-3-13(4-6-31)23-29-18(12-39-23)24-37-10-14-1-2-16(33(35)36)7-15(14)11-38-24/h1-2,7-8,12-13,21-22,24H,3-6,9-11H2. The number of benzene rings is 1. The van der Waals surface area contributed by atoms with Crippen molar-refractivity contribution in [2.45, 2.75) is 57.7 Å². The van der Waals surface area contributed by atoms with E-state index < -0.39 is 47.9 Å². The summed E-state index contributed by atoms with van der Waals surface area (Å²) in [5, 5.41) is 17.2. The zero-order valence-electron chi connectivity index (χ0n) is 20.3. The molecule has 0 saturated carbocycles. The van der Waals surface area contributed by atoms with Crippen LogP contribution in [0.2, 0.25) is 0 Å². The van der Waals surface area contributed by atoms with E-state index in [1.54, 1.807) is 6.07 Å². The summed E-state index contributed by atoms with van der Waals surface area (Å²) < 4.78 is 64.6. The van der Waals surface area contributed by atoms with Crippen molar-refractivity contribution in [2.75, 3.05) is 13.1 Å². The minimum absolute atomic E-state index is 0.0199. The number of ether oxygens (including phenoxy) is 2. The lowest BCUT2D eigenvalue weighted by atomic mass is 9.97. The summed E-state index contributed by atoms with van der Waals surface area (Å²) in [5.74, 6) is -0.413. The van der Waals surface area contributed by atoms with Crippen LogP contribution in [0.25, 0.3) is 0 Å². The van der Waals surface area contributed by atoms with E-state index in [1.165, 1.54) is 28.4 Å². The molecule has 1 saturated heterocycles. The third kappa shape index (κ3) is 5.94. The summed E-state index contributed by atoms with van der Waals surface area (Å²) in [4.78, 5) is 29.5. The maximum atomic E-state index is 13.2. The van der Waals surface area contributed by atoms with E-state index >= 15 is 0 Å². The van der Waals surface area contributed by atoms with Gasteiger partial charge in [0.2, 0.25) is 12.2 Å². The molecule has 1 amide bonds. The van der Waals surface area contributed by atoms with Gasteiger partial charge in [-0.05, 0) is 36.1 Å². The van der Waals surface area contributed by atoms with Crippen molar-refractivity contribution in [2.24, 2.45) is 0 Å². The highest BCUT2D eigenvalue weighted by atomic mass is 32.1. The Hall–Kier alpha value is -3.43. The molecule has 2 aromatic heterocycles. The molecular weight excluding hydrogens is 546 g/mol. The van der Waals surface area contributed by atoms with E-state index in [-0.39, 0.29) is 24.8 Å². The highest BCUT2D eigenvalue weighted by molar-refractivity contribution is 7.09. The summed E-state index contributed by atoms with van der Waals surface area (Å²) in [6, 6.07) is 5.17. The lowest BCUT2D eigenvalue weighted by Crippen LogP contribution is -2.40. The lowest BCUT2D eigenvalue weighted by molar-refractivity contribution is -0.385. The van der Waals surface area contributed by atoms with Crippen molar-refractivity contribution in [1.29, 1.82) is 0 Å². The molecule has 1 fully saturated rings. The van der Waals surface area contributed by atoms with Gasteiger partial charge in [0.1, 0.15) is 23.6 Å². The van der Waals surface area contributed by atoms with Crippen LogP contribution < -0.4 is 0 Å². The van der Waals surface area contributed by atoms with Gasteiger partial charge in [-0.25, -0.2) is 22.5 Å². The van der Waals surface area contributed by atoms with E-state index in [0.717, 1.165) is 10.6 Å². The molecule has 39 heavy (non-hydrogen) atoms. The highest BCUT2D eigenvalue weighted by Crippen LogP contribution is 2.35. The average molecular weight is 570 g/mol. The van der Waals surface area contributed by atoms with Gasteiger partial charge in [0.25, 0.3) is 18.5 Å². The minimum atomic E-state index is -3.03. The molecular formula is C24H23F4N5O5S. The molecule has 4 heterocycles. The second kappa shape index (κ2) is 11.4. The Bertz CT molecular complexity index is 1360. The van der Waals surface area contributed by atoms with Crippen molar-refractivity contribution in [3.05, 3.63) is 73.0 Å². The van der Waals surface area contributed by atoms with Gasteiger partial charge in [-0.15, -0.1) is 11.3 Å². The number of thiazole rings is 1. The van der Waals surface area contributed by atoms with E-state index in [2.05, 4.69) is 10.1 Å². The number of likely N-dealkylation sites (tertiary alicyclic amines) is 1. The molecule has 208 valence electrons. The third-order valence-corrected chi connectivity index (χ3v) is 7.75. The first kappa shape index (κ1) is 27.1. The largest absolute Gasteiger partial charge is 0.342 e. The summed E-state index contributed by atoms with van der Waals surface area (Å²) in [7, 11) is 0. The van der Waals surface area contributed by atoms with Crippen LogP contribution in [0.15, 0.2) is 29.6 Å². The molecule has 0 bridgehead atoms. The summed E-state index contributed by atoms with van der Waals surface area (Å²) in [6.45, 7) is 0.525. The van der Waals surface area contributed by atoms with Gasteiger partial charge in [0, 0.05) is 36.5 Å². The number of halogens is 4. The molecule has 3 aromatic rings. The molecule has 1 atom stereocenters. The number of amides is 1.